The molecule has 9 heteroatoms. The van der Waals surface area contributed by atoms with E-state index in [0.29, 0.717) is 18.8 Å². The Bertz CT molecular complexity index is 1010. The van der Waals surface area contributed by atoms with Crippen LogP contribution in [0.1, 0.15) is 31.2 Å². The van der Waals surface area contributed by atoms with Crippen molar-refractivity contribution in [2.45, 2.75) is 44.8 Å². The number of halogens is 3. The van der Waals surface area contributed by atoms with E-state index in [0.717, 1.165) is 22.9 Å². The molecule has 32 heavy (non-hydrogen) atoms. The fourth-order valence-corrected chi connectivity index (χ4v) is 4.46. The SMILES string of the molecule is Cc1ccc(N2CC(NC(=O)CCC(=O)N3CCC3)CC(C(F)(F)F)C2)c2cccnc12. The van der Waals surface area contributed by atoms with Crippen molar-refractivity contribution in [1.82, 2.24) is 15.2 Å². The summed E-state index contributed by atoms with van der Waals surface area (Å²) in [5.41, 5.74) is 2.38. The summed E-state index contributed by atoms with van der Waals surface area (Å²) < 4.78 is 41.1. The van der Waals surface area contributed by atoms with Crippen LogP contribution in [0.3, 0.4) is 0 Å². The zero-order chi connectivity index (χ0) is 22.9. The Kier molecular flexibility index (Phi) is 6.26. The van der Waals surface area contributed by atoms with Crippen LogP contribution in [0.2, 0.25) is 0 Å². The third kappa shape index (κ3) is 4.81. The molecule has 0 aliphatic carbocycles. The minimum absolute atomic E-state index is 0.0140. The minimum atomic E-state index is -4.37. The van der Waals surface area contributed by atoms with Gasteiger partial charge in [0.2, 0.25) is 11.8 Å². The Morgan fingerprint density at radius 3 is 2.62 bits per heavy atom. The van der Waals surface area contributed by atoms with E-state index in [1.165, 1.54) is 0 Å². The van der Waals surface area contributed by atoms with Crippen molar-refractivity contribution in [1.29, 1.82) is 0 Å². The quantitative estimate of drug-likeness (QED) is 0.761. The van der Waals surface area contributed by atoms with Gasteiger partial charge in [0.05, 0.1) is 11.4 Å². The summed E-state index contributed by atoms with van der Waals surface area (Å²) in [4.78, 5) is 32.2. The summed E-state index contributed by atoms with van der Waals surface area (Å²) in [6, 6.07) is 6.65. The van der Waals surface area contributed by atoms with Gasteiger partial charge in [0.1, 0.15) is 0 Å². The average Bonchev–Trinajstić information content (AvgIpc) is 2.70. The Balaban J connectivity index is 1.50. The number of carbonyl (C=O) groups is 2. The van der Waals surface area contributed by atoms with E-state index in [4.69, 9.17) is 0 Å². The maximum Gasteiger partial charge on any atom is 0.393 e. The molecule has 172 valence electrons. The third-order valence-electron chi connectivity index (χ3n) is 6.34. The van der Waals surface area contributed by atoms with Crippen LogP contribution in [0, 0.1) is 12.8 Å². The van der Waals surface area contributed by atoms with Gasteiger partial charge in [-0.15, -0.1) is 0 Å². The van der Waals surface area contributed by atoms with E-state index in [2.05, 4.69) is 10.3 Å². The van der Waals surface area contributed by atoms with E-state index < -0.39 is 18.1 Å². The number of piperidine rings is 1. The topological polar surface area (TPSA) is 65.5 Å². The molecule has 2 aliphatic rings. The summed E-state index contributed by atoms with van der Waals surface area (Å²) >= 11 is 0. The van der Waals surface area contributed by atoms with Gasteiger partial charge < -0.3 is 15.1 Å². The first-order valence-electron chi connectivity index (χ1n) is 11.0. The van der Waals surface area contributed by atoms with Gasteiger partial charge in [-0.25, -0.2) is 0 Å². The number of benzene rings is 1. The van der Waals surface area contributed by atoms with Crippen molar-refractivity contribution in [3.63, 3.8) is 0 Å². The van der Waals surface area contributed by atoms with Gasteiger partial charge in [0.15, 0.2) is 0 Å². The summed E-state index contributed by atoms with van der Waals surface area (Å²) in [6.45, 7) is 3.44. The molecule has 1 aromatic carbocycles. The number of amides is 2. The van der Waals surface area contributed by atoms with Crippen LogP contribution in [-0.2, 0) is 9.59 Å². The lowest BCUT2D eigenvalue weighted by molar-refractivity contribution is -0.178. The molecule has 2 fully saturated rings. The van der Waals surface area contributed by atoms with E-state index in [9.17, 15) is 22.8 Å². The first-order chi connectivity index (χ1) is 15.2. The van der Waals surface area contributed by atoms with Crippen molar-refractivity contribution in [3.8, 4) is 0 Å². The smallest absolute Gasteiger partial charge is 0.368 e. The van der Waals surface area contributed by atoms with Gasteiger partial charge in [-0.2, -0.15) is 13.2 Å². The molecule has 2 aliphatic heterocycles. The maximum atomic E-state index is 13.7. The highest BCUT2D eigenvalue weighted by Crippen LogP contribution is 2.37. The predicted molar refractivity (Wildman–Crippen MR) is 115 cm³/mol. The second-order valence-corrected chi connectivity index (χ2v) is 8.68. The zero-order valence-corrected chi connectivity index (χ0v) is 18.0. The third-order valence-corrected chi connectivity index (χ3v) is 6.34. The Hall–Kier alpha value is -2.84. The van der Waals surface area contributed by atoms with Crippen LogP contribution in [0.15, 0.2) is 30.5 Å². The molecule has 3 heterocycles. The van der Waals surface area contributed by atoms with Crippen molar-refractivity contribution in [3.05, 3.63) is 36.0 Å². The molecular weight excluding hydrogens is 421 g/mol. The number of anilines is 1. The molecular formula is C23H27F3N4O2. The van der Waals surface area contributed by atoms with Gasteiger partial charge in [-0.05, 0) is 43.5 Å². The molecule has 2 unspecified atom stereocenters. The molecule has 0 saturated carbocycles. The molecule has 2 amide bonds. The lowest BCUT2D eigenvalue weighted by Gasteiger charge is -2.40. The van der Waals surface area contributed by atoms with Crippen LogP contribution in [-0.4, -0.2) is 60.1 Å². The summed E-state index contributed by atoms with van der Waals surface area (Å²) in [5, 5.41) is 3.54. The first kappa shape index (κ1) is 22.4. The Morgan fingerprint density at radius 1 is 1.16 bits per heavy atom. The highest BCUT2D eigenvalue weighted by Gasteiger charge is 2.45. The number of fused-ring (bicyclic) bond motifs is 1. The standard InChI is InChI=1S/C23H27F3N4O2/c1-15-5-6-19(18-4-2-9-27-22(15)18)30-13-16(23(24,25)26)12-17(14-30)28-20(31)7-8-21(32)29-10-3-11-29/h2,4-6,9,16-17H,3,7-8,10-14H2,1H3,(H,28,31). The second-order valence-electron chi connectivity index (χ2n) is 8.68. The fraction of sp³-hybridized carbons (Fsp3) is 0.522. The predicted octanol–water partition coefficient (Wildman–Crippen LogP) is 3.43. The second kappa shape index (κ2) is 8.96. The molecule has 4 rings (SSSR count). The number of aromatic nitrogens is 1. The molecule has 2 aromatic rings. The number of nitrogens with zero attached hydrogens (tertiary/aromatic N) is 3. The molecule has 0 spiro atoms. The molecule has 0 bridgehead atoms. The first-order valence-corrected chi connectivity index (χ1v) is 11.0. The van der Waals surface area contributed by atoms with E-state index in [1.54, 1.807) is 22.1 Å². The number of carbonyl (C=O) groups excluding carboxylic acids is 2. The van der Waals surface area contributed by atoms with Crippen molar-refractivity contribution >= 4 is 28.4 Å². The summed E-state index contributed by atoms with van der Waals surface area (Å²) in [5.74, 6) is -2.03. The fourth-order valence-electron chi connectivity index (χ4n) is 4.46. The summed E-state index contributed by atoms with van der Waals surface area (Å²) in [7, 11) is 0. The van der Waals surface area contributed by atoms with Crippen LogP contribution in [0.25, 0.3) is 10.9 Å². The van der Waals surface area contributed by atoms with Gasteiger partial charge in [-0.1, -0.05) is 6.07 Å². The van der Waals surface area contributed by atoms with Crippen LogP contribution < -0.4 is 10.2 Å². The lowest BCUT2D eigenvalue weighted by Crippen LogP contribution is -2.54. The number of pyridine rings is 1. The maximum absolute atomic E-state index is 13.7. The monoisotopic (exact) mass is 448 g/mol. The van der Waals surface area contributed by atoms with Gasteiger partial charge in [0, 0.05) is 62.3 Å². The number of aryl methyl sites for hydroxylation is 1. The zero-order valence-electron chi connectivity index (χ0n) is 18.0. The van der Waals surface area contributed by atoms with Gasteiger partial charge in [0.25, 0.3) is 0 Å². The summed E-state index contributed by atoms with van der Waals surface area (Å²) in [6.07, 6.45) is -1.84. The van der Waals surface area contributed by atoms with Crippen molar-refractivity contribution in [2.75, 3.05) is 31.1 Å². The molecule has 2 saturated heterocycles. The van der Waals surface area contributed by atoms with Crippen LogP contribution in [0.5, 0.6) is 0 Å². The Labute approximate surface area is 184 Å². The highest BCUT2D eigenvalue weighted by atomic mass is 19.4. The minimum Gasteiger partial charge on any atom is -0.368 e. The average molecular weight is 448 g/mol. The number of rotatable bonds is 5. The Morgan fingerprint density at radius 2 is 1.94 bits per heavy atom. The van der Waals surface area contributed by atoms with Gasteiger partial charge in [-0.3, -0.25) is 14.6 Å². The number of hydrogen-bond donors (Lipinski definition) is 1. The van der Waals surface area contributed by atoms with Crippen LogP contribution >= 0.6 is 0 Å². The number of nitrogens with one attached hydrogen (secondary N) is 1. The van der Waals surface area contributed by atoms with Gasteiger partial charge >= 0.3 is 6.18 Å². The lowest BCUT2D eigenvalue weighted by atomic mass is 9.92. The molecule has 0 radical (unpaired) electrons. The van der Waals surface area contributed by atoms with E-state index in [-0.39, 0.29) is 44.2 Å². The van der Waals surface area contributed by atoms with Crippen molar-refractivity contribution < 1.29 is 22.8 Å². The normalized spacial score (nSPS) is 21.4. The number of likely N-dealkylation sites (tertiary alicyclic amines) is 1. The number of hydrogen-bond acceptors (Lipinski definition) is 4. The largest absolute Gasteiger partial charge is 0.393 e. The van der Waals surface area contributed by atoms with Crippen molar-refractivity contribution in [2.24, 2.45) is 5.92 Å². The van der Waals surface area contributed by atoms with E-state index >= 15 is 0 Å². The molecule has 1 aromatic heterocycles. The number of alkyl halides is 3. The van der Waals surface area contributed by atoms with E-state index in [1.807, 2.05) is 25.1 Å². The molecule has 6 nitrogen and oxygen atoms in total. The molecule has 1 N–H and O–H groups in total. The van der Waals surface area contributed by atoms with Crippen LogP contribution in [0.4, 0.5) is 18.9 Å². The highest BCUT2D eigenvalue weighted by molar-refractivity contribution is 5.94. The molecule has 2 atom stereocenters.